The van der Waals surface area contributed by atoms with Gasteiger partial charge >= 0.3 is 0 Å². The number of aromatic nitrogens is 2. The largest absolute Gasteiger partial charge is 0.434 e. The smallest absolute Gasteiger partial charge is 0.260 e. The van der Waals surface area contributed by atoms with Crippen LogP contribution in [0.5, 0.6) is 0 Å². The fourth-order valence-corrected chi connectivity index (χ4v) is 0.984. The maximum Gasteiger partial charge on any atom is 0.260 e. The molecule has 0 radical (unpaired) electrons. The highest BCUT2D eigenvalue weighted by atomic mass is 16.4. The Balaban J connectivity index is 2.41. The third kappa shape index (κ3) is 1.46. The molecule has 0 aromatic carbocycles. The van der Waals surface area contributed by atoms with Gasteiger partial charge in [-0.25, -0.2) is 4.98 Å². The molecule has 0 N–H and O–H groups in total. The SMILES string of the molecule is O=Cc1ncc(-c2cccnc2)o1. The Hall–Kier alpha value is -1.97. The first-order chi connectivity index (χ1) is 6.40. The molecule has 0 aliphatic heterocycles. The Bertz CT molecular complexity index is 409. The zero-order valence-electron chi connectivity index (χ0n) is 6.68. The molecule has 0 saturated carbocycles. The van der Waals surface area contributed by atoms with Gasteiger partial charge in [0.2, 0.25) is 6.29 Å². The van der Waals surface area contributed by atoms with Gasteiger partial charge in [0.05, 0.1) is 6.20 Å². The second kappa shape index (κ2) is 3.18. The highest BCUT2D eigenvalue weighted by molar-refractivity contribution is 5.69. The van der Waals surface area contributed by atoms with Crippen molar-refractivity contribution in [2.24, 2.45) is 0 Å². The van der Waals surface area contributed by atoms with E-state index in [0.717, 1.165) is 5.56 Å². The van der Waals surface area contributed by atoms with Crippen LogP contribution in [0.15, 0.2) is 35.1 Å². The summed E-state index contributed by atoms with van der Waals surface area (Å²) in [5.41, 5.74) is 0.808. The molecule has 0 spiro atoms. The summed E-state index contributed by atoms with van der Waals surface area (Å²) in [6.45, 7) is 0. The van der Waals surface area contributed by atoms with Crippen LogP contribution in [-0.2, 0) is 0 Å². The fourth-order valence-electron chi connectivity index (χ4n) is 0.984. The molecule has 0 unspecified atom stereocenters. The molecule has 2 aromatic rings. The number of hydrogen-bond acceptors (Lipinski definition) is 4. The standard InChI is InChI=1S/C9H6N2O2/c12-6-9-11-5-8(13-9)7-2-1-3-10-4-7/h1-6H. The quantitative estimate of drug-likeness (QED) is 0.648. The minimum absolute atomic E-state index is 0.0823. The maximum absolute atomic E-state index is 10.3. The number of nitrogens with zero attached hydrogens (tertiary/aromatic N) is 2. The fraction of sp³-hybridized carbons (Fsp3) is 0. The van der Waals surface area contributed by atoms with Crippen LogP contribution in [0, 0.1) is 0 Å². The van der Waals surface area contributed by atoms with Crippen LogP contribution in [0.4, 0.5) is 0 Å². The third-order valence-corrected chi connectivity index (χ3v) is 1.57. The molecule has 0 bridgehead atoms. The van der Waals surface area contributed by atoms with E-state index in [2.05, 4.69) is 9.97 Å². The Morgan fingerprint density at radius 1 is 1.38 bits per heavy atom. The number of carbonyl (C=O) groups excluding carboxylic acids is 1. The maximum atomic E-state index is 10.3. The highest BCUT2D eigenvalue weighted by Gasteiger charge is 2.04. The Labute approximate surface area is 74.2 Å². The van der Waals surface area contributed by atoms with Gasteiger partial charge in [-0.3, -0.25) is 9.78 Å². The summed E-state index contributed by atoms with van der Waals surface area (Å²) >= 11 is 0. The van der Waals surface area contributed by atoms with Gasteiger partial charge in [0, 0.05) is 18.0 Å². The van der Waals surface area contributed by atoms with Gasteiger partial charge in [-0.15, -0.1) is 0 Å². The van der Waals surface area contributed by atoms with Gasteiger partial charge in [0.1, 0.15) is 0 Å². The molecule has 0 saturated heterocycles. The zero-order chi connectivity index (χ0) is 9.10. The van der Waals surface area contributed by atoms with Gasteiger partial charge < -0.3 is 4.42 Å². The molecular formula is C9H6N2O2. The van der Waals surface area contributed by atoms with Gasteiger partial charge in [0.15, 0.2) is 5.76 Å². The molecule has 2 heterocycles. The summed E-state index contributed by atoms with van der Waals surface area (Å²) in [6, 6.07) is 3.63. The molecule has 13 heavy (non-hydrogen) atoms. The van der Waals surface area contributed by atoms with Crippen molar-refractivity contribution >= 4 is 6.29 Å². The number of hydrogen-bond donors (Lipinski definition) is 0. The number of aldehydes is 1. The minimum atomic E-state index is 0.0823. The first-order valence-electron chi connectivity index (χ1n) is 3.71. The van der Waals surface area contributed by atoms with Crippen LogP contribution in [0.1, 0.15) is 10.7 Å². The lowest BCUT2D eigenvalue weighted by Crippen LogP contribution is -1.75. The van der Waals surface area contributed by atoms with Crippen molar-refractivity contribution in [1.82, 2.24) is 9.97 Å². The average Bonchev–Trinajstić information content (AvgIpc) is 2.67. The minimum Gasteiger partial charge on any atom is -0.434 e. The molecule has 0 fully saturated rings. The van der Waals surface area contributed by atoms with Crippen LogP contribution >= 0.6 is 0 Å². The lowest BCUT2D eigenvalue weighted by molar-refractivity contribution is 0.109. The summed E-state index contributed by atoms with van der Waals surface area (Å²) in [4.78, 5) is 17.9. The topological polar surface area (TPSA) is 56.0 Å². The highest BCUT2D eigenvalue weighted by Crippen LogP contribution is 2.17. The van der Waals surface area contributed by atoms with E-state index in [9.17, 15) is 4.79 Å². The Morgan fingerprint density at radius 2 is 2.31 bits per heavy atom. The summed E-state index contributed by atoms with van der Waals surface area (Å²) in [5, 5.41) is 0. The summed E-state index contributed by atoms with van der Waals surface area (Å²) in [5.74, 6) is 0.633. The monoisotopic (exact) mass is 174 g/mol. The van der Waals surface area contributed by atoms with Crippen LogP contribution < -0.4 is 0 Å². The number of oxazole rings is 1. The molecule has 2 aromatic heterocycles. The molecule has 4 nitrogen and oxygen atoms in total. The normalized spacial score (nSPS) is 9.85. The first-order valence-corrected chi connectivity index (χ1v) is 3.71. The van der Waals surface area contributed by atoms with E-state index in [1.54, 1.807) is 18.5 Å². The van der Waals surface area contributed by atoms with Gasteiger partial charge in [-0.2, -0.15) is 0 Å². The molecule has 64 valence electrons. The summed E-state index contributed by atoms with van der Waals surface area (Å²) in [6.07, 6.45) is 5.39. The second-order valence-corrected chi connectivity index (χ2v) is 2.42. The van der Waals surface area contributed by atoms with Crippen molar-refractivity contribution in [3.05, 3.63) is 36.6 Å². The van der Waals surface area contributed by atoms with Crippen LogP contribution in [0.3, 0.4) is 0 Å². The van der Waals surface area contributed by atoms with Crippen LogP contribution in [0.25, 0.3) is 11.3 Å². The lowest BCUT2D eigenvalue weighted by atomic mass is 10.2. The van der Waals surface area contributed by atoms with Crippen molar-refractivity contribution in [3.8, 4) is 11.3 Å². The Morgan fingerprint density at radius 3 is 2.92 bits per heavy atom. The lowest BCUT2D eigenvalue weighted by Gasteiger charge is -1.91. The zero-order valence-corrected chi connectivity index (χ0v) is 6.68. The van der Waals surface area contributed by atoms with Crippen molar-refractivity contribution in [3.63, 3.8) is 0 Å². The molecule has 0 aliphatic carbocycles. The van der Waals surface area contributed by atoms with Crippen molar-refractivity contribution in [2.45, 2.75) is 0 Å². The van der Waals surface area contributed by atoms with Gasteiger partial charge in [-0.05, 0) is 12.1 Å². The molecule has 0 atom stereocenters. The van der Waals surface area contributed by atoms with E-state index < -0.39 is 0 Å². The molecular weight excluding hydrogens is 168 g/mol. The predicted molar refractivity (Wildman–Crippen MR) is 45.1 cm³/mol. The van der Waals surface area contributed by atoms with E-state index in [1.807, 2.05) is 6.07 Å². The van der Waals surface area contributed by atoms with Crippen molar-refractivity contribution in [2.75, 3.05) is 0 Å². The predicted octanol–water partition coefficient (Wildman–Crippen LogP) is 1.55. The first kappa shape index (κ1) is 7.67. The summed E-state index contributed by atoms with van der Waals surface area (Å²) < 4.78 is 5.10. The molecule has 0 aliphatic rings. The molecule has 2 rings (SSSR count). The third-order valence-electron chi connectivity index (χ3n) is 1.57. The van der Waals surface area contributed by atoms with E-state index in [0.29, 0.717) is 12.0 Å². The van der Waals surface area contributed by atoms with Gasteiger partial charge in [-0.1, -0.05) is 0 Å². The second-order valence-electron chi connectivity index (χ2n) is 2.42. The van der Waals surface area contributed by atoms with Gasteiger partial charge in [0.25, 0.3) is 5.89 Å². The molecule has 0 amide bonds. The number of carbonyl (C=O) groups is 1. The van der Waals surface area contributed by atoms with Crippen LogP contribution in [-0.4, -0.2) is 16.3 Å². The number of pyridine rings is 1. The van der Waals surface area contributed by atoms with E-state index in [-0.39, 0.29) is 5.89 Å². The van der Waals surface area contributed by atoms with E-state index in [4.69, 9.17) is 4.42 Å². The van der Waals surface area contributed by atoms with Crippen molar-refractivity contribution < 1.29 is 9.21 Å². The number of rotatable bonds is 2. The Kier molecular flexibility index (Phi) is 1.88. The van der Waals surface area contributed by atoms with Crippen molar-refractivity contribution in [1.29, 1.82) is 0 Å². The average molecular weight is 174 g/mol. The van der Waals surface area contributed by atoms with Crippen LogP contribution in [0.2, 0.25) is 0 Å². The van der Waals surface area contributed by atoms with E-state index in [1.165, 1.54) is 6.20 Å². The summed E-state index contributed by atoms with van der Waals surface area (Å²) in [7, 11) is 0. The van der Waals surface area contributed by atoms with E-state index >= 15 is 0 Å². The molecule has 4 heteroatoms.